The van der Waals surface area contributed by atoms with Crippen LogP contribution in [-0.2, 0) is 24.7 Å². The van der Waals surface area contributed by atoms with Gasteiger partial charge < -0.3 is 4.42 Å². The number of hydrogen-bond donors (Lipinski definition) is 1. The van der Waals surface area contributed by atoms with E-state index < -0.39 is 31.6 Å². The Bertz CT molecular complexity index is 1410. The molecule has 2 aromatic carbocycles. The van der Waals surface area contributed by atoms with Crippen molar-refractivity contribution in [2.75, 3.05) is 24.7 Å². The molecule has 1 aliphatic rings. The van der Waals surface area contributed by atoms with E-state index in [1.165, 1.54) is 46.8 Å². The smallest absolute Gasteiger partial charge is 0.322 e. The Kier molecular flexibility index (Phi) is 6.51. The fourth-order valence-electron chi connectivity index (χ4n) is 3.56. The van der Waals surface area contributed by atoms with Crippen LogP contribution in [0.2, 0.25) is 0 Å². The molecule has 0 aliphatic carbocycles. The van der Waals surface area contributed by atoms with Crippen molar-refractivity contribution in [2.24, 2.45) is 5.92 Å². The zero-order valence-electron chi connectivity index (χ0n) is 18.0. The van der Waals surface area contributed by atoms with Crippen LogP contribution < -0.4 is 5.32 Å². The topological polar surface area (TPSA) is 140 Å². The molecule has 2 heterocycles. The lowest BCUT2D eigenvalue weighted by Gasteiger charge is -2.30. The summed E-state index contributed by atoms with van der Waals surface area (Å²) in [6.45, 7) is 0.183. The van der Waals surface area contributed by atoms with E-state index in [1.807, 2.05) is 0 Å². The first-order valence-electron chi connectivity index (χ1n) is 10.2. The maximum absolute atomic E-state index is 13.1. The number of piperidine rings is 1. The molecule has 1 saturated heterocycles. The summed E-state index contributed by atoms with van der Waals surface area (Å²) < 4.78 is 69.2. The van der Waals surface area contributed by atoms with Gasteiger partial charge in [-0.2, -0.15) is 4.31 Å². The molecule has 0 saturated carbocycles. The van der Waals surface area contributed by atoms with E-state index in [2.05, 4.69) is 15.5 Å². The van der Waals surface area contributed by atoms with E-state index in [4.69, 9.17) is 4.42 Å². The Morgan fingerprint density at radius 2 is 1.68 bits per heavy atom. The third-order valence-electron chi connectivity index (χ3n) is 5.44. The number of anilines is 1. The second kappa shape index (κ2) is 9.24. The Morgan fingerprint density at radius 3 is 2.32 bits per heavy atom. The van der Waals surface area contributed by atoms with E-state index in [-0.39, 0.29) is 53.5 Å². The van der Waals surface area contributed by atoms with Crippen LogP contribution in [-0.4, -0.2) is 56.6 Å². The van der Waals surface area contributed by atoms with E-state index in [0.29, 0.717) is 5.56 Å². The van der Waals surface area contributed by atoms with Gasteiger partial charge in [0.1, 0.15) is 5.82 Å². The van der Waals surface area contributed by atoms with E-state index in [9.17, 15) is 26.0 Å². The van der Waals surface area contributed by atoms with Gasteiger partial charge in [0, 0.05) is 30.8 Å². The molecule has 10 nitrogen and oxygen atoms in total. The first kappa shape index (κ1) is 24.0. The number of carbonyl (C=O) groups is 1. The van der Waals surface area contributed by atoms with Crippen LogP contribution in [0.5, 0.6) is 0 Å². The van der Waals surface area contributed by atoms with E-state index in [0.717, 1.165) is 12.3 Å². The van der Waals surface area contributed by atoms with Crippen LogP contribution in [0.3, 0.4) is 0 Å². The fourth-order valence-corrected chi connectivity index (χ4v) is 5.82. The molecular formula is C21H21FN4O6S2. The molecule has 1 aliphatic heterocycles. The first-order chi connectivity index (χ1) is 16.0. The number of nitrogens with zero attached hydrogens (tertiary/aromatic N) is 3. The summed E-state index contributed by atoms with van der Waals surface area (Å²) in [5.41, 5.74) is 0.493. The van der Waals surface area contributed by atoms with E-state index in [1.54, 1.807) is 0 Å². The van der Waals surface area contributed by atoms with Crippen LogP contribution >= 0.6 is 0 Å². The molecule has 1 aromatic heterocycles. The molecule has 0 unspecified atom stereocenters. The van der Waals surface area contributed by atoms with Gasteiger partial charge in [-0.05, 0) is 55.3 Å². The molecule has 4 rings (SSSR count). The minimum atomic E-state index is -3.91. The van der Waals surface area contributed by atoms with Crippen LogP contribution in [0.4, 0.5) is 10.4 Å². The zero-order chi connectivity index (χ0) is 24.5. The zero-order valence-corrected chi connectivity index (χ0v) is 19.6. The molecule has 0 atom stereocenters. The third-order valence-corrected chi connectivity index (χ3v) is 8.45. The molecule has 13 heteroatoms. The second-order valence-electron chi connectivity index (χ2n) is 7.83. The highest BCUT2D eigenvalue weighted by Gasteiger charge is 2.33. The van der Waals surface area contributed by atoms with Crippen molar-refractivity contribution in [3.05, 3.63) is 54.3 Å². The van der Waals surface area contributed by atoms with Crippen molar-refractivity contribution in [1.82, 2.24) is 14.5 Å². The number of sulfone groups is 1. The van der Waals surface area contributed by atoms with Gasteiger partial charge in [0.05, 0.1) is 9.79 Å². The summed E-state index contributed by atoms with van der Waals surface area (Å²) in [7, 11) is -7.47. The molecule has 0 spiro atoms. The number of rotatable bonds is 6. The summed E-state index contributed by atoms with van der Waals surface area (Å²) in [4.78, 5) is 12.4. The van der Waals surface area contributed by atoms with Crippen molar-refractivity contribution < 1.29 is 30.4 Å². The predicted molar refractivity (Wildman–Crippen MR) is 119 cm³/mol. The fraction of sp³-hybridized carbons (Fsp3) is 0.286. The number of sulfonamides is 1. The summed E-state index contributed by atoms with van der Waals surface area (Å²) in [5, 5.41) is 10.1. The lowest BCUT2D eigenvalue weighted by Crippen LogP contribution is -2.41. The Labute approximate surface area is 195 Å². The molecule has 3 aromatic rings. The number of amides is 1. The molecule has 1 N–H and O–H groups in total. The number of benzene rings is 2. The van der Waals surface area contributed by atoms with Crippen LogP contribution in [0, 0.1) is 11.7 Å². The molecule has 1 amide bonds. The van der Waals surface area contributed by atoms with Crippen LogP contribution in [0.25, 0.3) is 11.5 Å². The molecule has 0 bridgehead atoms. The second-order valence-corrected chi connectivity index (χ2v) is 11.8. The van der Waals surface area contributed by atoms with Crippen molar-refractivity contribution in [1.29, 1.82) is 0 Å². The van der Waals surface area contributed by atoms with Gasteiger partial charge in [-0.25, -0.2) is 21.2 Å². The lowest BCUT2D eigenvalue weighted by molar-refractivity contribution is -0.121. The summed E-state index contributed by atoms with van der Waals surface area (Å²) >= 11 is 0. The minimum absolute atomic E-state index is 0.0811. The highest BCUT2D eigenvalue weighted by molar-refractivity contribution is 7.91. The Morgan fingerprint density at radius 1 is 1.03 bits per heavy atom. The Hall–Kier alpha value is -3.16. The van der Waals surface area contributed by atoms with Crippen molar-refractivity contribution >= 4 is 31.8 Å². The first-order valence-corrected chi connectivity index (χ1v) is 13.6. The van der Waals surface area contributed by atoms with Gasteiger partial charge in [0.15, 0.2) is 9.84 Å². The number of hydrogen-bond acceptors (Lipinski definition) is 8. The van der Waals surface area contributed by atoms with Crippen LogP contribution in [0.1, 0.15) is 12.8 Å². The Balaban J connectivity index is 1.38. The number of nitrogens with one attached hydrogen (secondary N) is 1. The molecule has 180 valence electrons. The summed E-state index contributed by atoms with van der Waals surface area (Å²) in [6.07, 6.45) is 1.53. The van der Waals surface area contributed by atoms with Gasteiger partial charge in [-0.15, -0.1) is 5.10 Å². The maximum Gasteiger partial charge on any atom is 0.322 e. The van der Waals surface area contributed by atoms with Crippen LogP contribution in [0.15, 0.2) is 62.7 Å². The monoisotopic (exact) mass is 508 g/mol. The number of carbonyl (C=O) groups excluding carboxylic acids is 1. The van der Waals surface area contributed by atoms with Crippen molar-refractivity contribution in [2.45, 2.75) is 22.6 Å². The molecule has 34 heavy (non-hydrogen) atoms. The minimum Gasteiger partial charge on any atom is -0.403 e. The third kappa shape index (κ3) is 5.16. The SMILES string of the molecule is CS(=O)(=O)c1cccc(S(=O)(=O)N2CCC(C(=O)Nc3nnc(-c4ccc(F)cc4)o3)CC2)c1. The normalized spacial score (nSPS) is 15.8. The molecular weight excluding hydrogens is 487 g/mol. The number of aromatic nitrogens is 2. The van der Waals surface area contributed by atoms with Gasteiger partial charge in [-0.3, -0.25) is 10.1 Å². The molecule has 1 fully saturated rings. The maximum atomic E-state index is 13.1. The highest BCUT2D eigenvalue weighted by atomic mass is 32.2. The van der Waals surface area contributed by atoms with Gasteiger partial charge in [0.2, 0.25) is 21.8 Å². The van der Waals surface area contributed by atoms with Gasteiger partial charge in [0.25, 0.3) is 0 Å². The average Bonchev–Trinajstić information content (AvgIpc) is 3.27. The van der Waals surface area contributed by atoms with E-state index >= 15 is 0 Å². The highest BCUT2D eigenvalue weighted by Crippen LogP contribution is 2.27. The summed E-state index contributed by atoms with van der Waals surface area (Å²) in [5.74, 6) is -1.15. The average molecular weight is 509 g/mol. The molecule has 0 radical (unpaired) electrons. The largest absolute Gasteiger partial charge is 0.403 e. The quantitative estimate of drug-likeness (QED) is 0.535. The summed E-state index contributed by atoms with van der Waals surface area (Å²) in [6, 6.07) is 10.5. The van der Waals surface area contributed by atoms with Gasteiger partial charge in [-0.1, -0.05) is 11.2 Å². The van der Waals surface area contributed by atoms with Crippen molar-refractivity contribution in [3.63, 3.8) is 0 Å². The lowest BCUT2D eigenvalue weighted by atomic mass is 9.97. The standard InChI is InChI=1S/C21H21FN4O6S2/c1-33(28,29)17-3-2-4-18(13-17)34(30,31)26-11-9-14(10-12-26)19(27)23-21-25-24-20(32-21)15-5-7-16(22)8-6-15/h2-8,13-14H,9-12H2,1H3,(H,23,25,27). The van der Waals surface area contributed by atoms with Crippen molar-refractivity contribution in [3.8, 4) is 11.5 Å². The predicted octanol–water partition coefficient (Wildman–Crippen LogP) is 2.32. The van der Waals surface area contributed by atoms with Gasteiger partial charge >= 0.3 is 6.01 Å². The number of halogens is 1.